The van der Waals surface area contributed by atoms with E-state index in [0.717, 1.165) is 12.8 Å². The zero-order chi connectivity index (χ0) is 18.7. The van der Waals surface area contributed by atoms with Gasteiger partial charge in [-0.1, -0.05) is 12.1 Å². The molecular formula is C19H26N2O5. The highest BCUT2D eigenvalue weighted by molar-refractivity contribution is 5.82. The molecule has 2 amide bonds. The van der Waals surface area contributed by atoms with E-state index in [1.807, 2.05) is 39.0 Å². The van der Waals surface area contributed by atoms with Gasteiger partial charge in [0.25, 0.3) is 5.91 Å². The van der Waals surface area contributed by atoms with Crippen molar-refractivity contribution in [1.29, 1.82) is 0 Å². The molecule has 0 aromatic heterocycles. The van der Waals surface area contributed by atoms with Crippen molar-refractivity contribution in [1.82, 2.24) is 10.2 Å². The van der Waals surface area contributed by atoms with Gasteiger partial charge < -0.3 is 24.4 Å². The van der Waals surface area contributed by atoms with Crippen molar-refractivity contribution >= 4 is 12.0 Å². The summed E-state index contributed by atoms with van der Waals surface area (Å²) >= 11 is 0. The van der Waals surface area contributed by atoms with Crippen LogP contribution in [0.25, 0.3) is 0 Å². The molecule has 1 aromatic carbocycles. The number of piperidine rings is 1. The van der Waals surface area contributed by atoms with E-state index < -0.39 is 17.8 Å². The Morgan fingerprint density at radius 2 is 1.96 bits per heavy atom. The summed E-state index contributed by atoms with van der Waals surface area (Å²) in [5.41, 5.74) is -0.547. The van der Waals surface area contributed by atoms with Crippen molar-refractivity contribution in [2.75, 3.05) is 19.7 Å². The number of ether oxygens (including phenoxy) is 3. The van der Waals surface area contributed by atoms with E-state index in [1.165, 1.54) is 0 Å². The van der Waals surface area contributed by atoms with Crippen LogP contribution in [-0.4, -0.2) is 54.3 Å². The first-order valence-electron chi connectivity index (χ1n) is 8.98. The quantitative estimate of drug-likeness (QED) is 0.874. The van der Waals surface area contributed by atoms with Crippen molar-refractivity contribution in [3.63, 3.8) is 0 Å². The Morgan fingerprint density at radius 1 is 1.23 bits per heavy atom. The van der Waals surface area contributed by atoms with Crippen LogP contribution in [0.15, 0.2) is 24.3 Å². The van der Waals surface area contributed by atoms with E-state index in [1.54, 1.807) is 11.0 Å². The van der Waals surface area contributed by atoms with Crippen LogP contribution in [0.3, 0.4) is 0 Å². The van der Waals surface area contributed by atoms with E-state index in [2.05, 4.69) is 5.32 Å². The lowest BCUT2D eigenvalue weighted by molar-refractivity contribution is -0.142. The van der Waals surface area contributed by atoms with Gasteiger partial charge in [0.1, 0.15) is 12.2 Å². The van der Waals surface area contributed by atoms with Gasteiger partial charge >= 0.3 is 6.09 Å². The van der Waals surface area contributed by atoms with Crippen LogP contribution in [0.1, 0.15) is 33.6 Å². The van der Waals surface area contributed by atoms with Crippen LogP contribution in [0, 0.1) is 0 Å². The van der Waals surface area contributed by atoms with Crippen LogP contribution in [0.5, 0.6) is 11.5 Å². The molecule has 26 heavy (non-hydrogen) atoms. The molecule has 0 saturated carbocycles. The van der Waals surface area contributed by atoms with E-state index >= 15 is 0 Å². The maximum atomic E-state index is 12.8. The summed E-state index contributed by atoms with van der Waals surface area (Å²) in [7, 11) is 0. The van der Waals surface area contributed by atoms with Crippen LogP contribution < -0.4 is 14.8 Å². The fourth-order valence-electron chi connectivity index (χ4n) is 3.11. The molecule has 1 fully saturated rings. The molecule has 1 aromatic rings. The molecule has 3 rings (SSSR count). The summed E-state index contributed by atoms with van der Waals surface area (Å²) in [6, 6.07) is 7.19. The number of hydrogen-bond donors (Lipinski definition) is 1. The molecule has 2 aliphatic rings. The second-order valence-corrected chi connectivity index (χ2v) is 7.63. The van der Waals surface area contributed by atoms with Crippen molar-refractivity contribution in [2.24, 2.45) is 0 Å². The fourth-order valence-corrected chi connectivity index (χ4v) is 3.11. The summed E-state index contributed by atoms with van der Waals surface area (Å²) < 4.78 is 16.7. The van der Waals surface area contributed by atoms with E-state index in [0.29, 0.717) is 24.6 Å². The molecule has 0 aliphatic carbocycles. The third-order valence-electron chi connectivity index (χ3n) is 4.24. The molecule has 1 saturated heterocycles. The molecule has 2 atom stereocenters. The monoisotopic (exact) mass is 362 g/mol. The first kappa shape index (κ1) is 18.4. The van der Waals surface area contributed by atoms with Crippen molar-refractivity contribution in [3.8, 4) is 11.5 Å². The van der Waals surface area contributed by atoms with Crippen LogP contribution in [0.4, 0.5) is 4.79 Å². The Labute approximate surface area is 153 Å². The third kappa shape index (κ3) is 4.59. The zero-order valence-corrected chi connectivity index (χ0v) is 15.5. The number of hydrogen-bond acceptors (Lipinski definition) is 5. The highest BCUT2D eigenvalue weighted by Gasteiger charge is 2.34. The van der Waals surface area contributed by atoms with Crippen molar-refractivity contribution in [2.45, 2.75) is 51.4 Å². The van der Waals surface area contributed by atoms with E-state index in [4.69, 9.17) is 14.2 Å². The Balaban J connectivity index is 1.56. The van der Waals surface area contributed by atoms with Crippen LogP contribution in [-0.2, 0) is 9.53 Å². The number of alkyl carbamates (subject to hydrolysis) is 1. The highest BCUT2D eigenvalue weighted by atomic mass is 16.6. The topological polar surface area (TPSA) is 77.1 Å². The van der Waals surface area contributed by atoms with Crippen molar-refractivity contribution < 1.29 is 23.8 Å². The number of para-hydroxylation sites is 2. The van der Waals surface area contributed by atoms with Gasteiger partial charge in [-0.05, 0) is 45.7 Å². The fraction of sp³-hybridized carbons (Fsp3) is 0.579. The van der Waals surface area contributed by atoms with Gasteiger partial charge in [-0.15, -0.1) is 0 Å². The average Bonchev–Trinajstić information content (AvgIpc) is 2.59. The first-order chi connectivity index (χ1) is 12.3. The molecule has 0 spiro atoms. The van der Waals surface area contributed by atoms with Crippen molar-refractivity contribution in [3.05, 3.63) is 24.3 Å². The zero-order valence-electron chi connectivity index (χ0n) is 15.5. The molecule has 0 bridgehead atoms. The Kier molecular flexibility index (Phi) is 5.25. The van der Waals surface area contributed by atoms with E-state index in [-0.39, 0.29) is 18.6 Å². The van der Waals surface area contributed by atoms with Gasteiger partial charge in [0.15, 0.2) is 11.5 Å². The molecule has 2 aliphatic heterocycles. The number of carbonyl (C=O) groups is 2. The molecule has 7 nitrogen and oxygen atoms in total. The Bertz CT molecular complexity index is 670. The molecule has 0 radical (unpaired) electrons. The molecular weight excluding hydrogens is 336 g/mol. The van der Waals surface area contributed by atoms with Gasteiger partial charge in [-0.2, -0.15) is 0 Å². The Hall–Kier alpha value is -2.44. The number of nitrogens with one attached hydrogen (secondary N) is 1. The van der Waals surface area contributed by atoms with Gasteiger partial charge in [-0.25, -0.2) is 4.79 Å². The first-order valence-corrected chi connectivity index (χ1v) is 8.98. The third-order valence-corrected chi connectivity index (χ3v) is 4.24. The largest absolute Gasteiger partial charge is 0.485 e. The summed E-state index contributed by atoms with van der Waals surface area (Å²) in [5.74, 6) is 1.12. The number of benzene rings is 1. The van der Waals surface area contributed by atoms with Gasteiger partial charge in [-0.3, -0.25) is 4.79 Å². The second kappa shape index (κ2) is 7.43. The maximum Gasteiger partial charge on any atom is 0.407 e. The number of amides is 2. The standard InChI is InChI=1S/C19H26N2O5/c1-19(2,3)26-18(23)20-13-7-6-10-21(11-13)17(22)16-12-24-14-8-4-5-9-15(14)25-16/h4-5,8-9,13,16H,6-7,10-12H2,1-3H3,(H,20,23)/t13-,16+/m1/s1. The van der Waals surface area contributed by atoms with Gasteiger partial charge in [0, 0.05) is 19.1 Å². The number of carbonyl (C=O) groups excluding carboxylic acids is 2. The summed E-state index contributed by atoms with van der Waals surface area (Å²) in [5, 5.41) is 2.85. The molecule has 0 unspecified atom stereocenters. The smallest absolute Gasteiger partial charge is 0.407 e. The summed E-state index contributed by atoms with van der Waals surface area (Å²) in [6.45, 7) is 6.74. The predicted molar refractivity (Wildman–Crippen MR) is 95.3 cm³/mol. The number of fused-ring (bicyclic) bond motifs is 1. The van der Waals surface area contributed by atoms with E-state index in [9.17, 15) is 9.59 Å². The van der Waals surface area contributed by atoms with Gasteiger partial charge in [0.05, 0.1) is 0 Å². The van der Waals surface area contributed by atoms with Crippen LogP contribution >= 0.6 is 0 Å². The maximum absolute atomic E-state index is 12.8. The number of likely N-dealkylation sites (tertiary alicyclic amines) is 1. The minimum Gasteiger partial charge on any atom is -0.485 e. The number of nitrogens with zero attached hydrogens (tertiary/aromatic N) is 1. The normalized spacial score (nSPS) is 22.5. The predicted octanol–water partition coefficient (Wildman–Crippen LogP) is 2.34. The molecule has 7 heteroatoms. The Morgan fingerprint density at radius 3 is 2.69 bits per heavy atom. The molecule has 2 heterocycles. The summed E-state index contributed by atoms with van der Waals surface area (Å²) in [4.78, 5) is 26.5. The summed E-state index contributed by atoms with van der Waals surface area (Å²) in [6.07, 6.45) is 0.512. The minimum absolute atomic E-state index is 0.116. The van der Waals surface area contributed by atoms with Gasteiger partial charge in [0.2, 0.25) is 6.10 Å². The number of rotatable bonds is 2. The molecule has 142 valence electrons. The van der Waals surface area contributed by atoms with Crippen LogP contribution in [0.2, 0.25) is 0 Å². The average molecular weight is 362 g/mol. The second-order valence-electron chi connectivity index (χ2n) is 7.63. The lowest BCUT2D eigenvalue weighted by Crippen LogP contribution is -2.54. The SMILES string of the molecule is CC(C)(C)OC(=O)N[C@@H]1CCCN(C(=O)[C@@H]2COc3ccccc3O2)C1. The minimum atomic E-state index is -0.662. The molecule has 1 N–H and O–H groups in total. The lowest BCUT2D eigenvalue weighted by Gasteiger charge is -2.36. The highest BCUT2D eigenvalue weighted by Crippen LogP contribution is 2.31. The lowest BCUT2D eigenvalue weighted by atomic mass is 10.1.